The number of rotatable bonds is 2. The fourth-order valence-corrected chi connectivity index (χ4v) is 1.78. The molecule has 1 aliphatic heterocycles. The third-order valence-electron chi connectivity index (χ3n) is 2.57. The van der Waals surface area contributed by atoms with Crippen molar-refractivity contribution >= 4 is 0 Å². The normalized spacial score (nSPS) is 32.7. The van der Waals surface area contributed by atoms with E-state index in [1.165, 1.54) is 0 Å². The molecule has 0 radical (unpaired) electrons. The molecule has 0 amide bonds. The highest BCUT2D eigenvalue weighted by Gasteiger charge is 2.37. The summed E-state index contributed by atoms with van der Waals surface area (Å²) in [7, 11) is 0. The molecule has 0 aromatic carbocycles. The van der Waals surface area contributed by atoms with Gasteiger partial charge in [0, 0.05) is 12.0 Å². The summed E-state index contributed by atoms with van der Waals surface area (Å²) in [6, 6.07) is 0. The van der Waals surface area contributed by atoms with Crippen molar-refractivity contribution in [2.45, 2.75) is 33.3 Å². The van der Waals surface area contributed by atoms with Crippen molar-refractivity contribution in [2.75, 3.05) is 13.2 Å². The Balaban J connectivity index is 2.58. The van der Waals surface area contributed by atoms with E-state index in [2.05, 4.69) is 20.8 Å². The Bertz CT molecular complexity index is 132. The molecular weight excluding hydrogens is 140 g/mol. The molecule has 0 aliphatic carbocycles. The van der Waals surface area contributed by atoms with Gasteiger partial charge < -0.3 is 9.84 Å². The maximum absolute atomic E-state index is 9.09. The van der Waals surface area contributed by atoms with Crippen LogP contribution < -0.4 is 0 Å². The van der Waals surface area contributed by atoms with Gasteiger partial charge >= 0.3 is 0 Å². The minimum absolute atomic E-state index is 0.0735. The summed E-state index contributed by atoms with van der Waals surface area (Å²) in [6.07, 6.45) is 1.38. The Hall–Kier alpha value is -0.0800. The van der Waals surface area contributed by atoms with Crippen LogP contribution in [0.4, 0.5) is 0 Å². The molecule has 2 atom stereocenters. The fourth-order valence-electron chi connectivity index (χ4n) is 1.78. The Kier molecular flexibility index (Phi) is 2.55. The van der Waals surface area contributed by atoms with Crippen molar-refractivity contribution < 1.29 is 9.84 Å². The lowest BCUT2D eigenvalue weighted by atomic mass is 9.81. The van der Waals surface area contributed by atoms with E-state index in [4.69, 9.17) is 9.84 Å². The molecule has 2 heteroatoms. The van der Waals surface area contributed by atoms with Crippen LogP contribution in [0.5, 0.6) is 0 Å². The molecule has 2 nitrogen and oxygen atoms in total. The average molecular weight is 158 g/mol. The first-order valence-corrected chi connectivity index (χ1v) is 4.30. The Morgan fingerprint density at radius 1 is 1.55 bits per heavy atom. The molecule has 1 rings (SSSR count). The molecular formula is C9H18O2. The molecule has 1 heterocycles. The predicted molar refractivity (Wildman–Crippen MR) is 44.4 cm³/mol. The van der Waals surface area contributed by atoms with E-state index in [-0.39, 0.29) is 18.1 Å². The molecule has 2 unspecified atom stereocenters. The lowest BCUT2D eigenvalue weighted by molar-refractivity contribution is -0.0282. The van der Waals surface area contributed by atoms with Crippen LogP contribution in [-0.2, 0) is 4.74 Å². The number of hydrogen-bond acceptors (Lipinski definition) is 2. The minimum atomic E-state index is -0.0735. The van der Waals surface area contributed by atoms with Gasteiger partial charge in [-0.2, -0.15) is 0 Å². The van der Waals surface area contributed by atoms with Crippen LogP contribution in [0.3, 0.4) is 0 Å². The Labute approximate surface area is 68.6 Å². The van der Waals surface area contributed by atoms with Gasteiger partial charge in [0.2, 0.25) is 0 Å². The molecule has 1 aliphatic rings. The topological polar surface area (TPSA) is 29.5 Å². The van der Waals surface area contributed by atoms with Gasteiger partial charge in [-0.05, 0) is 12.3 Å². The van der Waals surface area contributed by atoms with Crippen LogP contribution in [0.2, 0.25) is 0 Å². The minimum Gasteiger partial charge on any atom is -0.396 e. The third-order valence-corrected chi connectivity index (χ3v) is 2.57. The molecule has 66 valence electrons. The molecule has 0 aromatic heterocycles. The molecule has 1 N–H and O–H groups in total. The highest BCUT2D eigenvalue weighted by molar-refractivity contribution is 4.85. The monoisotopic (exact) mass is 158 g/mol. The summed E-state index contributed by atoms with van der Waals surface area (Å²) < 4.78 is 5.56. The zero-order valence-electron chi connectivity index (χ0n) is 7.63. The average Bonchev–Trinajstić information content (AvgIpc) is 2.36. The third kappa shape index (κ3) is 1.74. The lowest BCUT2D eigenvalue weighted by Crippen LogP contribution is -2.35. The number of ether oxygens (including phenoxy) is 1. The molecule has 1 fully saturated rings. The molecule has 1 saturated heterocycles. The Morgan fingerprint density at radius 2 is 2.18 bits per heavy atom. The zero-order chi connectivity index (χ0) is 8.48. The van der Waals surface area contributed by atoms with Gasteiger partial charge in [-0.1, -0.05) is 20.8 Å². The fraction of sp³-hybridized carbons (Fsp3) is 1.00. The van der Waals surface area contributed by atoms with Crippen molar-refractivity contribution in [2.24, 2.45) is 11.3 Å². The number of hydrogen-bond donors (Lipinski definition) is 1. The van der Waals surface area contributed by atoms with E-state index < -0.39 is 0 Å². The van der Waals surface area contributed by atoms with Gasteiger partial charge in [-0.25, -0.2) is 0 Å². The standard InChI is InChI=1S/C9H18O2/c1-7-4-5-11-8(7)9(2,3)6-10/h7-8,10H,4-6H2,1-3H3. The van der Waals surface area contributed by atoms with E-state index in [0.717, 1.165) is 13.0 Å². The summed E-state index contributed by atoms with van der Waals surface area (Å²) >= 11 is 0. The maximum Gasteiger partial charge on any atom is 0.0674 e. The number of aliphatic hydroxyl groups is 1. The van der Waals surface area contributed by atoms with Crippen molar-refractivity contribution in [1.82, 2.24) is 0 Å². The molecule has 0 saturated carbocycles. The molecule has 11 heavy (non-hydrogen) atoms. The van der Waals surface area contributed by atoms with Gasteiger partial charge in [-0.15, -0.1) is 0 Å². The molecule has 0 aromatic rings. The first-order valence-electron chi connectivity index (χ1n) is 4.30. The van der Waals surface area contributed by atoms with E-state index in [1.807, 2.05) is 0 Å². The van der Waals surface area contributed by atoms with E-state index in [1.54, 1.807) is 0 Å². The second-order valence-electron chi connectivity index (χ2n) is 4.20. The van der Waals surface area contributed by atoms with Crippen molar-refractivity contribution in [1.29, 1.82) is 0 Å². The van der Waals surface area contributed by atoms with Gasteiger partial charge in [0.15, 0.2) is 0 Å². The van der Waals surface area contributed by atoms with Crippen molar-refractivity contribution in [3.63, 3.8) is 0 Å². The highest BCUT2D eigenvalue weighted by atomic mass is 16.5. The van der Waals surface area contributed by atoms with E-state index in [0.29, 0.717) is 5.92 Å². The first kappa shape index (κ1) is 9.01. The van der Waals surface area contributed by atoms with Crippen molar-refractivity contribution in [3.05, 3.63) is 0 Å². The largest absolute Gasteiger partial charge is 0.396 e. The van der Waals surface area contributed by atoms with Crippen molar-refractivity contribution in [3.8, 4) is 0 Å². The zero-order valence-corrected chi connectivity index (χ0v) is 7.63. The van der Waals surface area contributed by atoms with Crippen LogP contribution in [0, 0.1) is 11.3 Å². The van der Waals surface area contributed by atoms with Gasteiger partial charge in [0.1, 0.15) is 0 Å². The highest BCUT2D eigenvalue weighted by Crippen LogP contribution is 2.34. The summed E-state index contributed by atoms with van der Waals surface area (Å²) in [5.41, 5.74) is -0.0735. The first-order chi connectivity index (χ1) is 5.08. The summed E-state index contributed by atoms with van der Waals surface area (Å²) in [5.74, 6) is 0.595. The van der Waals surface area contributed by atoms with Crippen LogP contribution in [-0.4, -0.2) is 24.4 Å². The summed E-state index contributed by atoms with van der Waals surface area (Å²) in [5, 5.41) is 9.09. The summed E-state index contributed by atoms with van der Waals surface area (Å²) in [6.45, 7) is 7.37. The van der Waals surface area contributed by atoms with Crippen LogP contribution in [0.1, 0.15) is 27.2 Å². The maximum atomic E-state index is 9.09. The van der Waals surface area contributed by atoms with Crippen LogP contribution in [0.25, 0.3) is 0 Å². The van der Waals surface area contributed by atoms with Gasteiger partial charge in [0.25, 0.3) is 0 Å². The molecule has 0 bridgehead atoms. The SMILES string of the molecule is CC1CCOC1C(C)(C)CO. The van der Waals surface area contributed by atoms with Crippen LogP contribution >= 0.6 is 0 Å². The summed E-state index contributed by atoms with van der Waals surface area (Å²) in [4.78, 5) is 0. The molecule has 0 spiro atoms. The predicted octanol–water partition coefficient (Wildman–Crippen LogP) is 1.43. The quantitative estimate of drug-likeness (QED) is 0.658. The second-order valence-corrected chi connectivity index (χ2v) is 4.20. The van der Waals surface area contributed by atoms with E-state index in [9.17, 15) is 0 Å². The number of aliphatic hydroxyl groups excluding tert-OH is 1. The second kappa shape index (κ2) is 3.11. The smallest absolute Gasteiger partial charge is 0.0674 e. The Morgan fingerprint density at radius 3 is 2.55 bits per heavy atom. The van der Waals surface area contributed by atoms with Gasteiger partial charge in [0.05, 0.1) is 12.7 Å². The lowest BCUT2D eigenvalue weighted by Gasteiger charge is -2.31. The van der Waals surface area contributed by atoms with Gasteiger partial charge in [-0.3, -0.25) is 0 Å². The van der Waals surface area contributed by atoms with Crippen LogP contribution in [0.15, 0.2) is 0 Å². The van der Waals surface area contributed by atoms with E-state index >= 15 is 0 Å².